The van der Waals surface area contributed by atoms with Crippen molar-refractivity contribution in [2.45, 2.75) is 18.6 Å². The zero-order valence-corrected chi connectivity index (χ0v) is 14.3. The predicted molar refractivity (Wildman–Crippen MR) is 89.8 cm³/mol. The van der Waals surface area contributed by atoms with E-state index in [1.165, 1.54) is 0 Å². The van der Waals surface area contributed by atoms with Gasteiger partial charge in [-0.05, 0) is 23.8 Å². The van der Waals surface area contributed by atoms with Gasteiger partial charge in [-0.2, -0.15) is 0 Å². The number of benzene rings is 1. The second-order valence-electron chi connectivity index (χ2n) is 5.54. The fraction of sp³-hybridized carbons (Fsp3) is 0.375. The molecule has 128 valence electrons. The van der Waals surface area contributed by atoms with Gasteiger partial charge in [-0.15, -0.1) is 0 Å². The lowest BCUT2D eigenvalue weighted by atomic mass is 10.0. The number of aliphatic carboxylic acids is 1. The molecule has 3 N–H and O–H groups in total. The number of hydrogen-bond acceptors (Lipinski definition) is 4. The summed E-state index contributed by atoms with van der Waals surface area (Å²) < 4.78 is 11.4. The highest BCUT2D eigenvalue weighted by Gasteiger charge is 2.28. The van der Waals surface area contributed by atoms with Crippen LogP contribution in [0.5, 0.6) is 0 Å². The number of carbonyl (C=O) groups is 2. The lowest BCUT2D eigenvalue weighted by molar-refractivity contribution is -0.152. The van der Waals surface area contributed by atoms with E-state index in [0.717, 1.165) is 20.9 Å². The largest absolute Gasteiger partial charge is 0.480 e. The van der Waals surface area contributed by atoms with Crippen molar-refractivity contribution in [1.29, 1.82) is 0 Å². The van der Waals surface area contributed by atoms with Crippen molar-refractivity contribution >= 4 is 38.7 Å². The van der Waals surface area contributed by atoms with Gasteiger partial charge in [0, 0.05) is 28.0 Å². The van der Waals surface area contributed by atoms with Gasteiger partial charge in [0.25, 0.3) is 5.91 Å². The Hall–Kier alpha value is -1.90. The molecule has 2 aromatic rings. The quantitative estimate of drug-likeness (QED) is 0.709. The molecule has 1 aromatic heterocycles. The van der Waals surface area contributed by atoms with E-state index in [9.17, 15) is 14.7 Å². The Balaban J connectivity index is 1.74. The minimum Gasteiger partial charge on any atom is -0.480 e. The molecular formula is C16H17BrN2O5. The number of ether oxygens (including phenoxy) is 2. The Morgan fingerprint density at radius 2 is 2.25 bits per heavy atom. The molecule has 7 nitrogen and oxygen atoms in total. The van der Waals surface area contributed by atoms with Crippen molar-refractivity contribution in [3.8, 4) is 0 Å². The number of carboxylic acids is 1. The van der Waals surface area contributed by atoms with E-state index in [2.05, 4.69) is 26.2 Å². The molecule has 0 bridgehead atoms. The molecule has 1 aliphatic heterocycles. The Bertz CT molecular complexity index is 754. The molecule has 0 saturated carbocycles. The Morgan fingerprint density at radius 1 is 1.42 bits per heavy atom. The first kappa shape index (κ1) is 16.9. The lowest BCUT2D eigenvalue weighted by Crippen LogP contribution is -2.50. The highest BCUT2D eigenvalue weighted by atomic mass is 79.9. The average Bonchev–Trinajstić information content (AvgIpc) is 2.97. The van der Waals surface area contributed by atoms with Gasteiger partial charge in [-0.25, -0.2) is 4.79 Å². The van der Waals surface area contributed by atoms with Gasteiger partial charge in [0.1, 0.15) is 6.04 Å². The molecule has 8 heteroatoms. The van der Waals surface area contributed by atoms with Crippen molar-refractivity contribution < 1.29 is 24.2 Å². The van der Waals surface area contributed by atoms with Gasteiger partial charge >= 0.3 is 5.97 Å². The second kappa shape index (κ2) is 7.33. The van der Waals surface area contributed by atoms with Gasteiger partial charge < -0.3 is 24.9 Å². The summed E-state index contributed by atoms with van der Waals surface area (Å²) in [5.41, 5.74) is 1.73. The van der Waals surface area contributed by atoms with Crippen LogP contribution in [0.4, 0.5) is 0 Å². The number of halogens is 1. The van der Waals surface area contributed by atoms with Crippen LogP contribution >= 0.6 is 15.9 Å². The summed E-state index contributed by atoms with van der Waals surface area (Å²) in [6, 6.07) is 4.69. The normalized spacial score (nSPS) is 19.1. The lowest BCUT2D eigenvalue weighted by Gasteiger charge is -2.24. The topological polar surface area (TPSA) is 101 Å². The number of nitrogens with one attached hydrogen (secondary N) is 2. The fourth-order valence-electron chi connectivity index (χ4n) is 2.64. The highest BCUT2D eigenvalue weighted by Crippen LogP contribution is 2.23. The van der Waals surface area contributed by atoms with Gasteiger partial charge in [-0.1, -0.05) is 15.9 Å². The van der Waals surface area contributed by atoms with Crippen LogP contribution in [0.3, 0.4) is 0 Å². The number of H-pyrrole nitrogens is 1. The van der Waals surface area contributed by atoms with Crippen LogP contribution in [0.1, 0.15) is 5.56 Å². The molecule has 0 unspecified atom stereocenters. The molecule has 3 rings (SSSR count). The van der Waals surface area contributed by atoms with E-state index in [4.69, 9.17) is 9.47 Å². The van der Waals surface area contributed by atoms with Crippen LogP contribution in [0.15, 0.2) is 28.9 Å². The summed E-state index contributed by atoms with van der Waals surface area (Å²) in [6.07, 6.45) is 1.17. The van der Waals surface area contributed by atoms with Crippen LogP contribution in [0.2, 0.25) is 0 Å². The predicted octanol–water partition coefficient (Wildman–Crippen LogP) is 1.46. The number of carboxylic acid groups (broad SMARTS) is 1. The first-order valence-electron chi connectivity index (χ1n) is 7.52. The van der Waals surface area contributed by atoms with Crippen LogP contribution < -0.4 is 5.32 Å². The van der Waals surface area contributed by atoms with Crippen LogP contribution in [-0.2, 0) is 25.5 Å². The Kier molecular flexibility index (Phi) is 5.17. The average molecular weight is 397 g/mol. The van der Waals surface area contributed by atoms with E-state index in [1.54, 1.807) is 6.20 Å². The monoisotopic (exact) mass is 396 g/mol. The van der Waals surface area contributed by atoms with Gasteiger partial charge in [0.2, 0.25) is 0 Å². The molecule has 1 aliphatic rings. The summed E-state index contributed by atoms with van der Waals surface area (Å²) in [4.78, 5) is 26.8. The first-order chi connectivity index (χ1) is 11.5. The molecule has 1 amide bonds. The number of amides is 1. The zero-order chi connectivity index (χ0) is 17.1. The number of hydrogen-bond donors (Lipinski definition) is 3. The van der Waals surface area contributed by atoms with E-state index in [1.807, 2.05) is 18.2 Å². The molecule has 2 atom stereocenters. The van der Waals surface area contributed by atoms with E-state index < -0.39 is 24.0 Å². The third-order valence-electron chi connectivity index (χ3n) is 3.88. The van der Waals surface area contributed by atoms with E-state index in [-0.39, 0.29) is 13.0 Å². The van der Waals surface area contributed by atoms with Crippen molar-refractivity contribution in [3.63, 3.8) is 0 Å². The molecular weight excluding hydrogens is 380 g/mol. The van der Waals surface area contributed by atoms with Crippen LogP contribution in [-0.4, -0.2) is 53.9 Å². The number of carbonyl (C=O) groups excluding carboxylic acids is 1. The minimum atomic E-state index is -1.09. The minimum absolute atomic E-state index is 0.137. The Labute approximate surface area is 146 Å². The first-order valence-corrected chi connectivity index (χ1v) is 8.32. The van der Waals surface area contributed by atoms with Crippen LogP contribution in [0, 0.1) is 0 Å². The van der Waals surface area contributed by atoms with Gasteiger partial charge in [0.05, 0.1) is 19.8 Å². The van der Waals surface area contributed by atoms with Gasteiger partial charge in [0.15, 0.2) is 6.10 Å². The maximum atomic E-state index is 12.2. The smallest absolute Gasteiger partial charge is 0.326 e. The van der Waals surface area contributed by atoms with Crippen molar-refractivity contribution in [3.05, 3.63) is 34.4 Å². The third-order valence-corrected chi connectivity index (χ3v) is 4.37. The third kappa shape index (κ3) is 3.77. The summed E-state index contributed by atoms with van der Waals surface area (Å²) in [5, 5.41) is 12.9. The maximum absolute atomic E-state index is 12.2. The molecule has 1 aromatic carbocycles. The SMILES string of the molecule is O=C(O)[C@H](Cc1c[nH]c2ccc(Br)cc12)NC(=O)[C@@H]1COCCO1. The van der Waals surface area contributed by atoms with Crippen molar-refractivity contribution in [2.75, 3.05) is 19.8 Å². The fourth-order valence-corrected chi connectivity index (χ4v) is 3.00. The number of fused-ring (bicyclic) bond motifs is 1. The molecule has 1 saturated heterocycles. The van der Waals surface area contributed by atoms with E-state index in [0.29, 0.717) is 13.2 Å². The molecule has 0 spiro atoms. The van der Waals surface area contributed by atoms with Crippen molar-refractivity contribution in [2.24, 2.45) is 0 Å². The zero-order valence-electron chi connectivity index (χ0n) is 12.8. The standard InChI is InChI=1S/C16H17BrN2O5/c17-10-1-2-12-11(6-10)9(7-18-12)5-13(16(21)22)19-15(20)14-8-23-3-4-24-14/h1-2,6-7,13-14,18H,3-5,8H2,(H,19,20)(H,21,22)/t13-,14-/m0/s1. The molecule has 0 radical (unpaired) electrons. The maximum Gasteiger partial charge on any atom is 0.326 e. The number of aromatic amines is 1. The molecule has 1 fully saturated rings. The summed E-state index contributed by atoms with van der Waals surface area (Å²) in [6.45, 7) is 0.904. The number of rotatable bonds is 5. The van der Waals surface area contributed by atoms with Crippen molar-refractivity contribution in [1.82, 2.24) is 10.3 Å². The molecule has 24 heavy (non-hydrogen) atoms. The van der Waals surface area contributed by atoms with E-state index >= 15 is 0 Å². The summed E-state index contributed by atoms with van der Waals surface area (Å²) in [5.74, 6) is -1.56. The summed E-state index contributed by atoms with van der Waals surface area (Å²) in [7, 11) is 0. The molecule has 0 aliphatic carbocycles. The highest BCUT2D eigenvalue weighted by molar-refractivity contribution is 9.10. The number of aromatic nitrogens is 1. The Morgan fingerprint density at radius 3 is 2.96 bits per heavy atom. The molecule has 2 heterocycles. The second-order valence-corrected chi connectivity index (χ2v) is 6.46. The van der Waals surface area contributed by atoms with Crippen LogP contribution in [0.25, 0.3) is 10.9 Å². The summed E-state index contributed by atoms with van der Waals surface area (Å²) >= 11 is 3.41. The van der Waals surface area contributed by atoms with Gasteiger partial charge in [-0.3, -0.25) is 4.79 Å².